The second-order valence-corrected chi connectivity index (χ2v) is 4.92. The van der Waals surface area contributed by atoms with E-state index in [0.29, 0.717) is 0 Å². The topological polar surface area (TPSA) is 125 Å². The standard InChI is InChI=1S/C14H10ClN3O6/c1-24-9-3-5-11(13(7-9)18(22)23)16-14(19)8-2-4-10(15)12(6-8)17(20)21/h2-7H,1H3,(H,16,19). The molecule has 0 radical (unpaired) electrons. The molecule has 0 aliphatic carbocycles. The van der Waals surface area contributed by atoms with E-state index >= 15 is 0 Å². The average molecular weight is 352 g/mol. The number of benzene rings is 2. The van der Waals surface area contributed by atoms with E-state index in [9.17, 15) is 25.0 Å². The van der Waals surface area contributed by atoms with Crippen molar-refractivity contribution >= 4 is 34.6 Å². The number of nitro groups is 2. The minimum absolute atomic E-state index is 0.0591. The highest BCUT2D eigenvalue weighted by Gasteiger charge is 2.20. The molecule has 24 heavy (non-hydrogen) atoms. The van der Waals surface area contributed by atoms with Crippen LogP contribution in [0.25, 0.3) is 0 Å². The van der Waals surface area contributed by atoms with Gasteiger partial charge in [-0.3, -0.25) is 25.0 Å². The molecule has 0 aliphatic heterocycles. The molecular weight excluding hydrogens is 342 g/mol. The second kappa shape index (κ2) is 6.92. The number of anilines is 1. The van der Waals surface area contributed by atoms with Gasteiger partial charge in [0, 0.05) is 11.6 Å². The maximum absolute atomic E-state index is 12.2. The average Bonchev–Trinajstić information content (AvgIpc) is 2.55. The molecular formula is C14H10ClN3O6. The van der Waals surface area contributed by atoms with Crippen molar-refractivity contribution in [2.45, 2.75) is 0 Å². The molecule has 0 unspecified atom stereocenters. The monoisotopic (exact) mass is 351 g/mol. The van der Waals surface area contributed by atoms with Crippen LogP contribution in [0.1, 0.15) is 10.4 Å². The Balaban J connectivity index is 2.35. The number of hydrogen-bond acceptors (Lipinski definition) is 6. The molecule has 1 N–H and O–H groups in total. The van der Waals surface area contributed by atoms with Crippen LogP contribution in [0.15, 0.2) is 36.4 Å². The third-order valence-electron chi connectivity index (χ3n) is 3.05. The summed E-state index contributed by atoms with van der Waals surface area (Å²) in [6, 6.07) is 7.37. The quantitative estimate of drug-likeness (QED) is 0.650. The number of carbonyl (C=O) groups excluding carboxylic acids is 1. The first kappa shape index (κ1) is 17.2. The molecule has 0 atom stereocenters. The van der Waals surface area contributed by atoms with E-state index in [-0.39, 0.29) is 27.7 Å². The molecule has 2 aromatic carbocycles. The molecule has 0 fully saturated rings. The van der Waals surface area contributed by atoms with Crippen molar-refractivity contribution in [2.75, 3.05) is 12.4 Å². The number of amides is 1. The van der Waals surface area contributed by atoms with Gasteiger partial charge in [0.1, 0.15) is 16.5 Å². The number of ether oxygens (including phenoxy) is 1. The van der Waals surface area contributed by atoms with Crippen LogP contribution >= 0.6 is 11.6 Å². The van der Waals surface area contributed by atoms with E-state index in [1.165, 1.54) is 31.4 Å². The van der Waals surface area contributed by atoms with Gasteiger partial charge in [0.2, 0.25) is 0 Å². The number of carbonyl (C=O) groups is 1. The van der Waals surface area contributed by atoms with Crippen LogP contribution in [-0.2, 0) is 0 Å². The Kier molecular flexibility index (Phi) is 4.95. The first-order chi connectivity index (χ1) is 11.3. The summed E-state index contributed by atoms with van der Waals surface area (Å²) in [5.74, 6) is -0.495. The molecule has 0 aliphatic rings. The lowest BCUT2D eigenvalue weighted by molar-refractivity contribution is -0.384. The number of nitro benzene ring substituents is 2. The number of rotatable bonds is 5. The highest BCUT2D eigenvalue weighted by Crippen LogP contribution is 2.30. The first-order valence-corrected chi connectivity index (χ1v) is 6.79. The van der Waals surface area contributed by atoms with Crippen molar-refractivity contribution in [3.63, 3.8) is 0 Å². The molecule has 1 amide bonds. The van der Waals surface area contributed by atoms with E-state index in [0.717, 1.165) is 12.1 Å². The van der Waals surface area contributed by atoms with Gasteiger partial charge < -0.3 is 10.1 Å². The van der Waals surface area contributed by atoms with Gasteiger partial charge in [0.25, 0.3) is 17.3 Å². The second-order valence-electron chi connectivity index (χ2n) is 4.52. The number of nitrogens with one attached hydrogen (secondary N) is 1. The number of nitrogens with zero attached hydrogens (tertiary/aromatic N) is 2. The SMILES string of the molecule is COc1ccc(NC(=O)c2ccc(Cl)c([N+](=O)[O-])c2)c([N+](=O)[O-])c1. The number of halogens is 1. The lowest BCUT2D eigenvalue weighted by Gasteiger charge is -2.08. The van der Waals surface area contributed by atoms with Crippen molar-refractivity contribution in [3.8, 4) is 5.75 Å². The Morgan fingerprint density at radius 2 is 1.75 bits per heavy atom. The lowest BCUT2D eigenvalue weighted by Crippen LogP contribution is -2.13. The summed E-state index contributed by atoms with van der Waals surface area (Å²) in [6.45, 7) is 0. The summed E-state index contributed by atoms with van der Waals surface area (Å²) in [5.41, 5.74) is -0.931. The van der Waals surface area contributed by atoms with Crippen LogP contribution in [0, 0.1) is 20.2 Å². The van der Waals surface area contributed by atoms with Crippen molar-refractivity contribution in [3.05, 3.63) is 67.2 Å². The van der Waals surface area contributed by atoms with Gasteiger partial charge in [0.05, 0.1) is 23.0 Å². The minimum Gasteiger partial charge on any atom is -0.496 e. The predicted molar refractivity (Wildman–Crippen MR) is 85.7 cm³/mol. The van der Waals surface area contributed by atoms with Gasteiger partial charge in [-0.25, -0.2) is 0 Å². The fraction of sp³-hybridized carbons (Fsp3) is 0.0714. The Bertz CT molecular complexity index is 839. The van der Waals surface area contributed by atoms with Gasteiger partial charge in [-0.15, -0.1) is 0 Å². The van der Waals surface area contributed by atoms with Crippen LogP contribution in [0.5, 0.6) is 5.75 Å². The van der Waals surface area contributed by atoms with Crippen molar-refractivity contribution < 1.29 is 19.4 Å². The molecule has 0 heterocycles. The Morgan fingerprint density at radius 1 is 1.08 bits per heavy atom. The zero-order valence-corrected chi connectivity index (χ0v) is 12.9. The molecule has 0 saturated heterocycles. The van der Waals surface area contributed by atoms with E-state index in [1.807, 2.05) is 0 Å². The van der Waals surface area contributed by atoms with E-state index in [1.54, 1.807) is 0 Å². The maximum Gasteiger partial charge on any atom is 0.296 e. The van der Waals surface area contributed by atoms with Gasteiger partial charge in [-0.2, -0.15) is 0 Å². The summed E-state index contributed by atoms with van der Waals surface area (Å²) in [7, 11) is 1.35. The number of hydrogen-bond donors (Lipinski definition) is 1. The van der Waals surface area contributed by atoms with Gasteiger partial charge in [-0.05, 0) is 24.3 Å². The third-order valence-corrected chi connectivity index (χ3v) is 3.37. The molecule has 124 valence electrons. The zero-order chi connectivity index (χ0) is 17.9. The normalized spacial score (nSPS) is 10.1. The Labute approximate surface area is 140 Å². The molecule has 0 saturated carbocycles. The Hall–Kier alpha value is -3.20. The van der Waals surface area contributed by atoms with Crippen molar-refractivity contribution in [1.29, 1.82) is 0 Å². The number of methoxy groups -OCH3 is 1. The molecule has 2 aromatic rings. The molecule has 9 nitrogen and oxygen atoms in total. The van der Waals surface area contributed by atoms with Crippen LogP contribution in [-0.4, -0.2) is 22.9 Å². The van der Waals surface area contributed by atoms with E-state index < -0.39 is 21.4 Å². The minimum atomic E-state index is -0.747. The van der Waals surface area contributed by atoms with Crippen LogP contribution in [0.2, 0.25) is 5.02 Å². The largest absolute Gasteiger partial charge is 0.496 e. The fourth-order valence-electron chi connectivity index (χ4n) is 1.88. The highest BCUT2D eigenvalue weighted by atomic mass is 35.5. The van der Waals surface area contributed by atoms with E-state index in [2.05, 4.69) is 5.32 Å². The van der Waals surface area contributed by atoms with Gasteiger partial charge >= 0.3 is 0 Å². The molecule has 10 heteroatoms. The molecule has 0 aromatic heterocycles. The zero-order valence-electron chi connectivity index (χ0n) is 12.2. The summed E-state index contributed by atoms with van der Waals surface area (Å²) < 4.78 is 4.90. The van der Waals surface area contributed by atoms with Crippen molar-refractivity contribution in [1.82, 2.24) is 0 Å². The summed E-state index contributed by atoms with van der Waals surface area (Å²) >= 11 is 5.68. The van der Waals surface area contributed by atoms with Crippen LogP contribution in [0.4, 0.5) is 17.1 Å². The smallest absolute Gasteiger partial charge is 0.296 e. The predicted octanol–water partition coefficient (Wildman–Crippen LogP) is 3.42. The maximum atomic E-state index is 12.2. The summed E-state index contributed by atoms with van der Waals surface area (Å²) in [6.07, 6.45) is 0. The van der Waals surface area contributed by atoms with Crippen molar-refractivity contribution in [2.24, 2.45) is 0 Å². The fourth-order valence-corrected chi connectivity index (χ4v) is 2.07. The first-order valence-electron chi connectivity index (χ1n) is 6.41. The molecule has 0 bridgehead atoms. The lowest BCUT2D eigenvalue weighted by atomic mass is 10.1. The summed E-state index contributed by atoms with van der Waals surface area (Å²) in [5, 5.41) is 24.2. The van der Waals surface area contributed by atoms with Gasteiger partial charge in [0.15, 0.2) is 0 Å². The highest BCUT2D eigenvalue weighted by molar-refractivity contribution is 6.32. The van der Waals surface area contributed by atoms with Crippen LogP contribution < -0.4 is 10.1 Å². The Morgan fingerprint density at radius 3 is 2.33 bits per heavy atom. The molecule has 0 spiro atoms. The van der Waals surface area contributed by atoms with Crippen LogP contribution in [0.3, 0.4) is 0 Å². The van der Waals surface area contributed by atoms with Gasteiger partial charge in [-0.1, -0.05) is 11.6 Å². The summed E-state index contributed by atoms with van der Waals surface area (Å²) in [4.78, 5) is 32.7. The van der Waals surface area contributed by atoms with E-state index in [4.69, 9.17) is 16.3 Å². The molecule has 2 rings (SSSR count). The third kappa shape index (κ3) is 3.58.